The van der Waals surface area contributed by atoms with Crippen LogP contribution < -0.4 is 10.9 Å². The Morgan fingerprint density at radius 2 is 1.26 bits per heavy atom. The van der Waals surface area contributed by atoms with Gasteiger partial charge in [-0.05, 0) is 41.3 Å². The predicted molar refractivity (Wildman–Crippen MR) is 171 cm³/mol. The fraction of sp³-hybridized carbons (Fsp3) is 0.0323. The summed E-state index contributed by atoms with van der Waals surface area (Å²) in [6, 6.07) is 17.9. The van der Waals surface area contributed by atoms with E-state index in [0.29, 0.717) is 32.2 Å². The number of hydrogen-bond donors (Lipinski definition) is 3. The fourth-order valence-corrected chi connectivity index (χ4v) is 4.60. The van der Waals surface area contributed by atoms with Crippen molar-refractivity contribution < 1.29 is 16.1 Å². The number of H-pyrrole nitrogens is 2. The van der Waals surface area contributed by atoms with Gasteiger partial charge in [-0.25, -0.2) is 4.79 Å². The molecule has 0 saturated heterocycles. The van der Waals surface area contributed by atoms with Crippen LogP contribution in [0.25, 0.3) is 43.6 Å². The lowest BCUT2D eigenvalue weighted by Crippen LogP contribution is -2.20. The van der Waals surface area contributed by atoms with Crippen molar-refractivity contribution in [1.29, 1.82) is 0 Å². The van der Waals surface area contributed by atoms with Gasteiger partial charge in [-0.1, -0.05) is 46.9 Å². The number of hydrogen-bond acceptors (Lipinski definition) is 6. The number of nitrogens with one attached hydrogen (secondary N) is 2. The van der Waals surface area contributed by atoms with Gasteiger partial charge in [0.25, 0.3) is 5.91 Å². The molecule has 2 aromatic carbocycles. The van der Waals surface area contributed by atoms with E-state index in [2.05, 4.69) is 19.9 Å². The Morgan fingerprint density at radius 3 is 1.76 bits per heavy atom. The molecule has 0 aliphatic heterocycles. The molecule has 5 aromatic heterocycles. The van der Waals surface area contributed by atoms with Crippen LogP contribution in [-0.4, -0.2) is 46.4 Å². The first kappa shape index (κ1) is 27.0. The summed E-state index contributed by atoms with van der Waals surface area (Å²) in [5.41, 5.74) is 1.64. The van der Waals surface area contributed by atoms with Crippen molar-refractivity contribution in [3.05, 3.63) is 129 Å². The van der Waals surface area contributed by atoms with Crippen molar-refractivity contribution in [2.45, 2.75) is 0 Å². The number of aromatic nitrogens is 5. The van der Waals surface area contributed by atoms with E-state index >= 15 is 0 Å². The van der Waals surface area contributed by atoms with Gasteiger partial charge >= 0.3 is 5.97 Å². The largest absolute Gasteiger partial charge is 0.477 e. The van der Waals surface area contributed by atoms with Gasteiger partial charge in [0.2, 0.25) is 10.9 Å². The van der Waals surface area contributed by atoms with Crippen molar-refractivity contribution in [3.8, 4) is 0 Å². The average Bonchev–Trinajstić information content (AvgIpc) is 3.57. The Balaban J connectivity index is 0.000000160. The number of carbonyl (C=O) groups excluding carboxylic acids is 1. The minimum atomic E-state index is -1.24. The van der Waals surface area contributed by atoms with E-state index < -0.39 is 11.4 Å². The van der Waals surface area contributed by atoms with Gasteiger partial charge in [0, 0.05) is 60.1 Å². The normalized spacial score (nSPS) is 10.9. The third-order valence-electron chi connectivity index (χ3n) is 6.55. The Morgan fingerprint density at radius 1 is 0.786 bits per heavy atom. The van der Waals surface area contributed by atoms with Crippen LogP contribution in [0.3, 0.4) is 0 Å². The second kappa shape index (κ2) is 12.1. The molecule has 10 nitrogen and oxygen atoms in total. The van der Waals surface area contributed by atoms with Crippen LogP contribution in [0.15, 0.2) is 107 Å². The van der Waals surface area contributed by atoms with Gasteiger partial charge < -0.3 is 15.1 Å². The Labute approximate surface area is 252 Å². The number of carboxylic acids is 1. The molecule has 0 unspecified atom stereocenters. The number of rotatable bonds is 2. The number of benzene rings is 2. The minimum Gasteiger partial charge on any atom is -0.477 e. The van der Waals surface area contributed by atoms with Crippen LogP contribution >= 0.6 is 22.6 Å². The Hall–Kier alpha value is -5.17. The highest BCUT2D eigenvalue weighted by Crippen LogP contribution is 2.21. The van der Waals surface area contributed by atoms with Crippen molar-refractivity contribution >= 4 is 78.1 Å². The summed E-state index contributed by atoms with van der Waals surface area (Å²) in [7, 11) is 0. The second-order valence-corrected chi connectivity index (χ2v) is 8.89. The van der Waals surface area contributed by atoms with Crippen molar-refractivity contribution in [1.82, 2.24) is 24.5 Å². The zero-order chi connectivity index (χ0) is 30.5. The van der Waals surface area contributed by atoms with Crippen LogP contribution in [0.1, 0.15) is 22.1 Å². The minimum absolute atomic E-state index is 0.110. The molecule has 5 heterocycles. The number of fused-ring (bicyclic) bond motifs is 6. The third kappa shape index (κ3) is 5.17. The number of alkyl halides is 1. The second-order valence-electron chi connectivity index (χ2n) is 8.89. The van der Waals surface area contributed by atoms with Crippen LogP contribution in [0.4, 0.5) is 0 Å². The molecule has 42 heavy (non-hydrogen) atoms. The van der Waals surface area contributed by atoms with Gasteiger partial charge in [0.05, 0.1) is 22.1 Å². The maximum absolute atomic E-state index is 12.6. The zero-order valence-electron chi connectivity index (χ0n) is 22.7. The van der Waals surface area contributed by atoms with Gasteiger partial charge in [0.1, 0.15) is 11.1 Å². The van der Waals surface area contributed by atoms with E-state index in [0.717, 1.165) is 16.3 Å². The number of pyridine rings is 4. The quantitative estimate of drug-likeness (QED) is 0.127. The number of nitrogens with zero attached hydrogens (tertiary/aromatic N) is 3. The highest BCUT2D eigenvalue weighted by atomic mass is 127. The summed E-state index contributed by atoms with van der Waals surface area (Å²) in [6.45, 7) is 0. The summed E-state index contributed by atoms with van der Waals surface area (Å²) in [5.74, 6) is -1.59. The van der Waals surface area contributed by atoms with Crippen LogP contribution in [-0.2, 0) is 0 Å². The summed E-state index contributed by atoms with van der Waals surface area (Å²) >= 11 is 1.96. The molecule has 7 aromatic rings. The first-order valence-corrected chi connectivity index (χ1v) is 13.9. The molecular formula is C31H22IN5O5. The summed E-state index contributed by atoms with van der Waals surface area (Å²) in [4.78, 5) is 62.8. The maximum Gasteiger partial charge on any atom is 0.341 e. The molecule has 208 valence electrons. The lowest BCUT2D eigenvalue weighted by atomic mass is 10.1. The number of halogens is 1. The molecule has 0 aliphatic carbocycles. The standard InChI is InChI=1S/C17H11N3O2.C13H8N2O3.CH3I/c21-16-12-6-5-11-4-3-7-18-14(11)15(12)19-10-13(16)17(22)20-8-1-2-9-20;16-12-8-4-3-7-2-1-5-14-10(7)11(8)15-6-9(12)13(17)18;1-2/h1-10H,(H,19,21);1-6H,(H,15,16)(H,17,18);1H3/i;;1D. The van der Waals surface area contributed by atoms with E-state index in [9.17, 15) is 19.2 Å². The van der Waals surface area contributed by atoms with Gasteiger partial charge in [0.15, 0.2) is 0 Å². The average molecular weight is 672 g/mol. The molecule has 0 fully saturated rings. The van der Waals surface area contributed by atoms with Crippen molar-refractivity contribution in [3.63, 3.8) is 0 Å². The molecule has 0 saturated carbocycles. The molecule has 0 spiro atoms. The lowest BCUT2D eigenvalue weighted by molar-refractivity contribution is 0.0695. The number of aromatic amines is 2. The number of aromatic carboxylic acids is 1. The van der Waals surface area contributed by atoms with Crippen molar-refractivity contribution in [2.24, 2.45) is 0 Å². The third-order valence-corrected chi connectivity index (χ3v) is 6.55. The SMILES string of the molecule is O=C(O)c1c[nH]c2c(ccc3cccnc32)c1=O.O=C(c1c[nH]c2c(ccc3cccnc32)c1=O)n1cccc1.[2H]CI. The Bertz CT molecular complexity index is 2250. The van der Waals surface area contributed by atoms with Gasteiger partial charge in [-0.3, -0.25) is 28.9 Å². The van der Waals surface area contributed by atoms with Gasteiger partial charge in [-0.2, -0.15) is 0 Å². The molecule has 0 atom stereocenters. The highest BCUT2D eigenvalue weighted by Gasteiger charge is 2.16. The number of carbonyl (C=O) groups is 2. The first-order valence-electron chi connectivity index (χ1n) is 13.1. The van der Waals surface area contributed by atoms with E-state index in [1.54, 1.807) is 61.2 Å². The van der Waals surface area contributed by atoms with E-state index in [4.69, 9.17) is 6.48 Å². The Kier molecular flexibility index (Phi) is 7.81. The molecule has 0 aliphatic rings. The van der Waals surface area contributed by atoms with Crippen LogP contribution in [0, 0.1) is 0 Å². The maximum atomic E-state index is 12.6. The highest BCUT2D eigenvalue weighted by molar-refractivity contribution is 14.1. The monoisotopic (exact) mass is 672 g/mol. The van der Waals surface area contributed by atoms with Crippen molar-refractivity contribution in [2.75, 3.05) is 4.91 Å². The molecule has 11 heteroatoms. The predicted octanol–water partition coefficient (Wildman–Crippen LogP) is 5.39. The van der Waals surface area contributed by atoms with Crippen LogP contribution in [0.5, 0.6) is 0 Å². The van der Waals surface area contributed by atoms with E-state index in [-0.39, 0.29) is 22.5 Å². The molecule has 0 radical (unpaired) electrons. The van der Waals surface area contributed by atoms with E-state index in [1.165, 1.54) is 17.0 Å². The molecule has 3 N–H and O–H groups in total. The smallest absolute Gasteiger partial charge is 0.341 e. The summed E-state index contributed by atoms with van der Waals surface area (Å²) in [6.07, 6.45) is 9.22. The number of carboxylic acid groups (broad SMARTS) is 1. The topological polar surface area (TPSA) is 151 Å². The molecule has 0 amide bonds. The summed E-state index contributed by atoms with van der Waals surface area (Å²) < 4.78 is 7.58. The van der Waals surface area contributed by atoms with E-state index in [1.807, 2.05) is 46.9 Å². The lowest BCUT2D eigenvalue weighted by Gasteiger charge is -2.05. The molecule has 7 rings (SSSR count). The summed E-state index contributed by atoms with van der Waals surface area (Å²) in [5, 5.41) is 11.5. The van der Waals surface area contributed by atoms with Gasteiger partial charge in [-0.15, -0.1) is 0 Å². The zero-order valence-corrected chi connectivity index (χ0v) is 23.9. The van der Waals surface area contributed by atoms with Crippen LogP contribution in [0.2, 0.25) is 0 Å². The molecular weight excluding hydrogens is 649 g/mol. The molecule has 0 bridgehead atoms. The fourth-order valence-electron chi connectivity index (χ4n) is 4.60. The first-order chi connectivity index (χ1) is 20.8.